The van der Waals surface area contributed by atoms with Crippen LogP contribution in [0.5, 0.6) is 11.5 Å². The predicted molar refractivity (Wildman–Crippen MR) is 29.7 cm³/mol. The highest BCUT2D eigenvalue weighted by Gasteiger charge is 2.17. The van der Waals surface area contributed by atoms with Gasteiger partial charge in [-0.15, -0.1) is 0 Å². The first-order valence-corrected chi connectivity index (χ1v) is 1.86. The minimum Gasteiger partial charge on any atom is -0.501 e. The topological polar surface area (TPSA) is 110 Å². The van der Waals surface area contributed by atoms with Gasteiger partial charge in [0.2, 0.25) is 11.5 Å². The second kappa shape index (κ2) is 1.87. The van der Waals surface area contributed by atoms with Crippen LogP contribution in [0.3, 0.4) is 0 Å². The van der Waals surface area contributed by atoms with Gasteiger partial charge in [-0.1, -0.05) is 0 Å². The van der Waals surface area contributed by atoms with Crippen molar-refractivity contribution in [3.05, 3.63) is 20.4 Å². The smallest absolute Gasteiger partial charge is 0.275 e. The first-order chi connectivity index (χ1) is 3.64. The Morgan fingerprint density at radius 3 is 1.22 bits per heavy atom. The molecule has 0 unspecified atom stereocenters. The summed E-state index contributed by atoms with van der Waals surface area (Å²) in [5.74, 6) is -1.65. The number of aromatic hydroxyl groups is 2. The zero-order valence-electron chi connectivity index (χ0n) is 4.42. The molecule has 0 saturated carbocycles. The van der Waals surface area contributed by atoms with Gasteiger partial charge in [0.05, 0.1) is 0 Å². The van der Waals surface area contributed by atoms with Crippen LogP contribution < -0.4 is 17.0 Å². The molecule has 0 aliphatic rings. The van der Waals surface area contributed by atoms with Crippen molar-refractivity contribution in [2.45, 2.75) is 0 Å². The third-order valence-corrected chi connectivity index (χ3v) is 0.861. The van der Waals surface area contributed by atoms with Gasteiger partial charge in [0.1, 0.15) is 0 Å². The second-order valence-corrected chi connectivity index (χ2v) is 1.36. The highest BCUT2D eigenvalue weighted by molar-refractivity contribution is 5.42. The van der Waals surface area contributed by atoms with Crippen molar-refractivity contribution < 1.29 is 10.2 Å². The van der Waals surface area contributed by atoms with Gasteiger partial charge in [-0.2, -0.15) is 0 Å². The van der Waals surface area contributed by atoms with E-state index in [1.807, 2.05) is 0 Å². The van der Waals surface area contributed by atoms with Gasteiger partial charge < -0.3 is 16.4 Å². The maximum Gasteiger partial charge on any atom is 0.275 e. The Bertz CT molecular complexity index is 253. The van der Waals surface area contributed by atoms with Gasteiger partial charge in [-0.25, -0.2) is 0 Å². The van der Waals surface area contributed by atoms with E-state index < -0.39 is 22.4 Å². The van der Waals surface area contributed by atoms with Gasteiger partial charge in [0, 0.05) is 0 Å². The van der Waals surface area contributed by atoms with E-state index in [4.69, 9.17) is 10.2 Å². The summed E-state index contributed by atoms with van der Waals surface area (Å²) in [6, 6.07) is 0. The van der Waals surface area contributed by atoms with Gasteiger partial charge in [-0.3, -0.25) is 9.59 Å². The van der Waals surface area contributed by atoms with Crippen molar-refractivity contribution in [2.24, 2.45) is 0 Å². The van der Waals surface area contributed by atoms with E-state index >= 15 is 0 Å². The van der Waals surface area contributed by atoms with Crippen LogP contribution >= 0.6 is 0 Å². The molecule has 0 heterocycles. The first-order valence-electron chi connectivity index (χ1n) is 1.86. The Morgan fingerprint density at radius 1 is 0.889 bits per heavy atom. The van der Waals surface area contributed by atoms with E-state index in [2.05, 4.69) is 0 Å². The predicted octanol–water partition coefficient (Wildman–Crippen LogP) is -1.14. The summed E-state index contributed by atoms with van der Waals surface area (Å²) in [5, 5.41) is 16.4. The van der Waals surface area contributed by atoms with Crippen molar-refractivity contribution in [3.8, 4) is 11.5 Å². The molecule has 0 spiro atoms. The first kappa shape index (κ1) is 7.64. The standard InChI is InChI=1S/C4H2O4.H3N/c5-1-2(6)4(8)3(1)7;/h5-6H;1H3. The molecule has 0 bridgehead atoms. The minimum atomic E-state index is -1.01. The summed E-state index contributed by atoms with van der Waals surface area (Å²) >= 11 is 0. The summed E-state index contributed by atoms with van der Waals surface area (Å²) in [6.07, 6.45) is 0. The second-order valence-electron chi connectivity index (χ2n) is 1.36. The summed E-state index contributed by atoms with van der Waals surface area (Å²) in [6.45, 7) is 0. The van der Waals surface area contributed by atoms with Crippen LogP contribution in [0.2, 0.25) is 0 Å². The number of hydrogen-bond donors (Lipinski definition) is 3. The average Bonchev–Trinajstić information content (AvgIpc) is 1.83. The van der Waals surface area contributed by atoms with Crippen molar-refractivity contribution >= 4 is 0 Å². The third-order valence-electron chi connectivity index (χ3n) is 0.861. The van der Waals surface area contributed by atoms with E-state index in [1.165, 1.54) is 0 Å². The Labute approximate surface area is 49.5 Å². The molecule has 5 N–H and O–H groups in total. The largest absolute Gasteiger partial charge is 0.501 e. The Hall–Kier alpha value is -1.36. The Balaban J connectivity index is 0.000000640. The molecule has 9 heavy (non-hydrogen) atoms. The van der Waals surface area contributed by atoms with Crippen molar-refractivity contribution in [2.75, 3.05) is 0 Å². The van der Waals surface area contributed by atoms with E-state index in [0.29, 0.717) is 0 Å². The average molecular weight is 131 g/mol. The minimum absolute atomic E-state index is 0. The summed E-state index contributed by atoms with van der Waals surface area (Å²) < 4.78 is 0. The zero-order valence-corrected chi connectivity index (χ0v) is 4.42. The van der Waals surface area contributed by atoms with Crippen molar-refractivity contribution in [3.63, 3.8) is 0 Å². The molecule has 0 aromatic heterocycles. The van der Waals surface area contributed by atoms with Crippen LogP contribution in [0, 0.1) is 0 Å². The molecule has 0 aliphatic carbocycles. The third kappa shape index (κ3) is 0.667. The Kier molecular flexibility index (Phi) is 1.58. The zero-order chi connectivity index (χ0) is 6.31. The fourth-order valence-corrected chi connectivity index (χ4v) is 0.368. The quantitative estimate of drug-likeness (QED) is 0.385. The molecule has 0 amide bonds. The maximum atomic E-state index is 9.95. The van der Waals surface area contributed by atoms with Crippen LogP contribution in [-0.2, 0) is 0 Å². The van der Waals surface area contributed by atoms with E-state index in [9.17, 15) is 9.59 Å². The summed E-state index contributed by atoms with van der Waals surface area (Å²) in [5.41, 5.74) is -2.02. The fraction of sp³-hybridized carbons (Fsp3) is 0. The highest BCUT2D eigenvalue weighted by atomic mass is 16.3. The van der Waals surface area contributed by atoms with Crippen molar-refractivity contribution in [1.82, 2.24) is 6.15 Å². The molecular formula is C4H5NO4. The monoisotopic (exact) mass is 131 g/mol. The number of hydrogen-bond acceptors (Lipinski definition) is 5. The van der Waals surface area contributed by atoms with Crippen LogP contribution in [-0.4, -0.2) is 10.2 Å². The molecule has 50 valence electrons. The normalized spacial score (nSPS) is 8.89. The van der Waals surface area contributed by atoms with E-state index in [0.717, 1.165) is 0 Å². The summed E-state index contributed by atoms with van der Waals surface area (Å²) in [4.78, 5) is 19.9. The lowest BCUT2D eigenvalue weighted by Crippen LogP contribution is -2.28. The molecular weight excluding hydrogens is 126 g/mol. The fourth-order valence-electron chi connectivity index (χ4n) is 0.368. The molecule has 0 aliphatic heterocycles. The molecule has 1 rings (SSSR count). The van der Waals surface area contributed by atoms with Crippen LogP contribution in [0.15, 0.2) is 9.59 Å². The molecule has 0 fully saturated rings. The highest BCUT2D eigenvalue weighted by Crippen LogP contribution is 2.13. The lowest BCUT2D eigenvalue weighted by atomic mass is 10.2. The molecule has 5 heteroatoms. The van der Waals surface area contributed by atoms with Crippen LogP contribution in [0.1, 0.15) is 0 Å². The van der Waals surface area contributed by atoms with Crippen LogP contribution in [0.4, 0.5) is 0 Å². The van der Waals surface area contributed by atoms with Gasteiger partial charge in [-0.05, 0) is 0 Å². The van der Waals surface area contributed by atoms with E-state index in [-0.39, 0.29) is 6.15 Å². The molecule has 0 saturated heterocycles. The maximum absolute atomic E-state index is 9.95. The lowest BCUT2D eigenvalue weighted by molar-refractivity contribution is 0.384. The molecule has 1 aromatic carbocycles. The Morgan fingerprint density at radius 2 is 1.11 bits per heavy atom. The van der Waals surface area contributed by atoms with E-state index in [1.54, 1.807) is 0 Å². The lowest BCUT2D eigenvalue weighted by Gasteiger charge is -1.92. The van der Waals surface area contributed by atoms with Gasteiger partial charge >= 0.3 is 0 Å². The van der Waals surface area contributed by atoms with Gasteiger partial charge in [0.15, 0.2) is 0 Å². The van der Waals surface area contributed by atoms with Crippen molar-refractivity contribution in [1.29, 1.82) is 0 Å². The van der Waals surface area contributed by atoms with Crippen LogP contribution in [0.25, 0.3) is 0 Å². The molecule has 0 atom stereocenters. The number of rotatable bonds is 0. The van der Waals surface area contributed by atoms with Gasteiger partial charge in [0.25, 0.3) is 10.9 Å². The molecule has 0 radical (unpaired) electrons. The SMILES string of the molecule is N.O=c1c(O)c(O)c1=O. The molecule has 5 nitrogen and oxygen atoms in total. The summed E-state index contributed by atoms with van der Waals surface area (Å²) in [7, 11) is 0. The molecule has 1 aromatic rings.